The Morgan fingerprint density at radius 1 is 0.222 bits per heavy atom. The molecular formula is C100H62BBrN4O2. The monoisotopic (exact) mass is 1440 g/mol. The van der Waals surface area contributed by atoms with E-state index in [1.165, 1.54) is 121 Å². The standard InChI is InChI=1S/C50H30N2.C32H21BO2.C18H11BrN2/c1-3-11-33(12-4-1)44-39-16-7-8-17-40(39)45(34-13-5-2-6-14-34)48-42-28-27-37(38-18-9-19-41(46(38)42)47(44)48)31-20-22-32(23-21-31)43-29-26-36-25-24-35-15-10-30-51-49(35)50(36)52-43;34-33(35)27-19-18-26-30-24(27)16-9-17-25(30)31-28(20-10-3-1-4-11-20)22-14-7-8-15-23(22)29(32(26)31)21-12-5-2-6-13-21;19-15-8-5-12(6-9-15)16-10-7-14-4-3-13-2-1-11-20-17(13)18(14)21-16/h1-30H;1-19,34-35H;1-11H. The van der Waals surface area contributed by atoms with Crippen LogP contribution >= 0.6 is 15.9 Å². The lowest BCUT2D eigenvalue weighted by atomic mass is 9.76. The Labute approximate surface area is 632 Å². The van der Waals surface area contributed by atoms with E-state index < -0.39 is 7.12 Å². The summed E-state index contributed by atoms with van der Waals surface area (Å²) in [4.78, 5) is 19.1. The van der Waals surface area contributed by atoms with E-state index in [0.717, 1.165) is 92.5 Å². The summed E-state index contributed by atoms with van der Waals surface area (Å²) in [6.45, 7) is 0. The zero-order valence-electron chi connectivity index (χ0n) is 58.3. The second-order valence-corrected chi connectivity index (χ2v) is 28.6. The van der Waals surface area contributed by atoms with Gasteiger partial charge < -0.3 is 10.0 Å². The van der Waals surface area contributed by atoms with Crippen molar-refractivity contribution in [2.45, 2.75) is 0 Å². The fourth-order valence-electron chi connectivity index (χ4n) is 16.9. The van der Waals surface area contributed by atoms with Gasteiger partial charge in [0.1, 0.15) is 0 Å². The van der Waals surface area contributed by atoms with Gasteiger partial charge in [0.2, 0.25) is 0 Å². The van der Waals surface area contributed by atoms with E-state index in [4.69, 9.17) is 9.97 Å². The predicted octanol–water partition coefficient (Wildman–Crippen LogP) is 25.3. The summed E-state index contributed by atoms with van der Waals surface area (Å²) in [5.41, 5.74) is 30.6. The maximum absolute atomic E-state index is 10.1. The summed E-state index contributed by atoms with van der Waals surface area (Å²) in [7, 11) is -1.52. The van der Waals surface area contributed by atoms with Crippen molar-refractivity contribution in [2.24, 2.45) is 0 Å². The Morgan fingerprint density at radius 2 is 0.546 bits per heavy atom. The highest BCUT2D eigenvalue weighted by molar-refractivity contribution is 9.10. The normalized spacial score (nSPS) is 11.7. The zero-order valence-corrected chi connectivity index (χ0v) is 59.9. The third kappa shape index (κ3) is 10.8. The molecule has 0 spiro atoms. The second-order valence-electron chi connectivity index (χ2n) is 27.7. The third-order valence-electron chi connectivity index (χ3n) is 21.6. The van der Waals surface area contributed by atoms with Gasteiger partial charge in [-0.25, -0.2) is 9.97 Å². The van der Waals surface area contributed by atoms with E-state index in [1.807, 2.05) is 54.9 Å². The molecule has 8 heteroatoms. The molecule has 0 saturated heterocycles. The molecule has 22 rings (SSSR count). The fraction of sp³-hybridized carbons (Fsp3) is 0. The number of benzene rings is 16. The number of hydrogen-bond donors (Lipinski definition) is 2. The second kappa shape index (κ2) is 26.7. The summed E-state index contributed by atoms with van der Waals surface area (Å²) in [6, 6.07) is 124. The van der Waals surface area contributed by atoms with E-state index in [9.17, 15) is 10.0 Å². The van der Waals surface area contributed by atoms with Crippen molar-refractivity contribution in [3.05, 3.63) is 369 Å². The van der Waals surface area contributed by atoms with E-state index in [1.54, 1.807) is 0 Å². The lowest BCUT2D eigenvalue weighted by Crippen LogP contribution is -2.30. The van der Waals surface area contributed by atoms with Crippen LogP contribution < -0.4 is 5.46 Å². The average Bonchev–Trinajstić information content (AvgIpc) is 1.53. The van der Waals surface area contributed by atoms with Crippen LogP contribution in [0.4, 0.5) is 0 Å². The van der Waals surface area contributed by atoms with Gasteiger partial charge in [0.15, 0.2) is 0 Å². The van der Waals surface area contributed by atoms with Gasteiger partial charge in [-0.3, -0.25) is 9.97 Å². The van der Waals surface area contributed by atoms with Crippen molar-refractivity contribution in [2.75, 3.05) is 0 Å². The molecule has 0 fully saturated rings. The molecule has 0 bridgehead atoms. The van der Waals surface area contributed by atoms with Crippen molar-refractivity contribution in [1.82, 2.24) is 19.9 Å². The molecule has 2 N–H and O–H groups in total. The van der Waals surface area contributed by atoms with E-state index in [2.05, 4.69) is 335 Å². The first-order valence-corrected chi connectivity index (χ1v) is 37.2. The minimum atomic E-state index is -1.52. The quantitative estimate of drug-likeness (QED) is 0.116. The van der Waals surface area contributed by atoms with Crippen LogP contribution in [0.15, 0.2) is 369 Å². The number of rotatable bonds is 8. The molecule has 0 radical (unpaired) electrons. The highest BCUT2D eigenvalue weighted by atomic mass is 79.9. The zero-order chi connectivity index (χ0) is 71.9. The van der Waals surface area contributed by atoms with Crippen LogP contribution in [0.1, 0.15) is 0 Å². The molecule has 2 aliphatic rings. The maximum atomic E-state index is 10.1. The molecule has 4 aromatic heterocycles. The van der Waals surface area contributed by atoms with Gasteiger partial charge in [-0.1, -0.05) is 331 Å². The minimum absolute atomic E-state index is 0.533. The van der Waals surface area contributed by atoms with Crippen molar-refractivity contribution >= 4 is 115 Å². The minimum Gasteiger partial charge on any atom is -0.423 e. The SMILES string of the molecule is Brc1ccc(-c2ccc3ccc4cccnc4c3n2)cc1.OB(O)c1ccc2c3c(cccc13)-c1c-2c(-c2ccccc2)c2ccccc2c1-c1ccccc1.c1ccc(-c2c3c(c(-c4ccccc4)c4ccccc24)-c2ccc(-c4ccc(-c5ccc6ccc7cccnc7c6n5)cc4)c4cccc-3c24)cc1. The molecule has 6 nitrogen and oxygen atoms in total. The Morgan fingerprint density at radius 3 is 0.963 bits per heavy atom. The Kier molecular flexibility index (Phi) is 15.9. The Bertz CT molecular complexity index is 6820. The summed E-state index contributed by atoms with van der Waals surface area (Å²) in [5.74, 6) is 0. The molecule has 2 aliphatic carbocycles. The van der Waals surface area contributed by atoms with Crippen LogP contribution in [0, 0.1) is 0 Å². The molecule has 0 amide bonds. The number of hydrogen-bond acceptors (Lipinski definition) is 6. The predicted molar refractivity (Wildman–Crippen MR) is 455 cm³/mol. The average molecular weight is 1440 g/mol. The molecule has 504 valence electrons. The van der Waals surface area contributed by atoms with Gasteiger partial charge in [-0.15, -0.1) is 0 Å². The molecule has 0 aliphatic heterocycles. The van der Waals surface area contributed by atoms with Crippen LogP contribution in [-0.2, 0) is 0 Å². The lowest BCUT2D eigenvalue weighted by Gasteiger charge is -2.20. The number of pyridine rings is 4. The Hall–Kier alpha value is -13.3. The van der Waals surface area contributed by atoms with Crippen LogP contribution in [0.25, 0.3) is 209 Å². The first-order chi connectivity index (χ1) is 53.4. The van der Waals surface area contributed by atoms with Crippen molar-refractivity contribution in [3.8, 4) is 123 Å². The first-order valence-electron chi connectivity index (χ1n) is 36.4. The van der Waals surface area contributed by atoms with Crippen molar-refractivity contribution < 1.29 is 10.0 Å². The highest BCUT2D eigenvalue weighted by Gasteiger charge is 2.34. The van der Waals surface area contributed by atoms with Gasteiger partial charge in [-0.2, -0.15) is 0 Å². The highest BCUT2D eigenvalue weighted by Crippen LogP contribution is 2.60. The molecule has 0 saturated carbocycles. The molecule has 0 atom stereocenters. The molecule has 16 aromatic carbocycles. The third-order valence-corrected chi connectivity index (χ3v) is 22.2. The van der Waals surface area contributed by atoms with E-state index >= 15 is 0 Å². The van der Waals surface area contributed by atoms with E-state index in [-0.39, 0.29) is 0 Å². The topological polar surface area (TPSA) is 92.0 Å². The Balaban J connectivity index is 0.000000118. The number of halogens is 1. The van der Waals surface area contributed by atoms with Gasteiger partial charge >= 0.3 is 7.12 Å². The van der Waals surface area contributed by atoms with Gasteiger partial charge in [0.25, 0.3) is 0 Å². The van der Waals surface area contributed by atoms with E-state index in [0.29, 0.717) is 5.46 Å². The lowest BCUT2D eigenvalue weighted by molar-refractivity contribution is 0.426. The number of aromatic nitrogens is 4. The van der Waals surface area contributed by atoms with Crippen LogP contribution in [0.5, 0.6) is 0 Å². The maximum Gasteiger partial charge on any atom is 0.489 e. The smallest absolute Gasteiger partial charge is 0.423 e. The number of fused-ring (bicyclic) bond motifs is 14. The van der Waals surface area contributed by atoms with Crippen LogP contribution in [-0.4, -0.2) is 37.1 Å². The van der Waals surface area contributed by atoms with Gasteiger partial charge in [-0.05, 0) is 185 Å². The fourth-order valence-corrected chi connectivity index (χ4v) is 17.2. The van der Waals surface area contributed by atoms with Gasteiger partial charge in [0, 0.05) is 49.5 Å². The molecular weight excluding hydrogens is 1380 g/mol. The number of nitrogens with zero attached hydrogens (tertiary/aromatic N) is 4. The van der Waals surface area contributed by atoms with Crippen molar-refractivity contribution in [1.29, 1.82) is 0 Å². The largest absolute Gasteiger partial charge is 0.489 e. The summed E-state index contributed by atoms with van der Waals surface area (Å²) in [6.07, 6.45) is 3.66. The summed E-state index contributed by atoms with van der Waals surface area (Å²) in [5, 5.41) is 34.2. The molecule has 4 heterocycles. The molecule has 20 aromatic rings. The first kappa shape index (κ1) is 64.3. The van der Waals surface area contributed by atoms with Crippen molar-refractivity contribution in [3.63, 3.8) is 0 Å². The molecule has 108 heavy (non-hydrogen) atoms. The van der Waals surface area contributed by atoms with Gasteiger partial charge in [0.05, 0.1) is 33.5 Å². The summed E-state index contributed by atoms with van der Waals surface area (Å²) >= 11 is 3.46. The van der Waals surface area contributed by atoms with Crippen LogP contribution in [0.2, 0.25) is 0 Å². The summed E-state index contributed by atoms with van der Waals surface area (Å²) < 4.78 is 1.07. The van der Waals surface area contributed by atoms with Crippen LogP contribution in [0.3, 0.4) is 0 Å². The molecule has 0 unspecified atom stereocenters.